The van der Waals surface area contributed by atoms with Gasteiger partial charge in [-0.2, -0.15) is 0 Å². The van der Waals surface area contributed by atoms with Gasteiger partial charge < -0.3 is 40.4 Å². The highest BCUT2D eigenvalue weighted by atomic mass is 32.1. The number of aromatic hydroxyl groups is 1. The lowest BCUT2D eigenvalue weighted by Crippen LogP contribution is -2.58. The Bertz CT molecular complexity index is 1980. The van der Waals surface area contributed by atoms with Crippen LogP contribution >= 0.6 is 22.7 Å². The zero-order chi connectivity index (χ0) is 39.0. The number of hydrogen-bond donors (Lipinski definition) is 6. The number of ether oxygens (including phenoxy) is 1. The van der Waals surface area contributed by atoms with Crippen LogP contribution in [0.5, 0.6) is 5.75 Å². The fourth-order valence-corrected chi connectivity index (χ4v) is 8.24. The van der Waals surface area contributed by atoms with Crippen molar-refractivity contribution >= 4 is 50.7 Å². The minimum Gasteiger partial charge on any atom is -0.506 e. The Balaban J connectivity index is 0.000000631. The van der Waals surface area contributed by atoms with Crippen molar-refractivity contribution in [1.82, 2.24) is 25.1 Å². The lowest BCUT2D eigenvalue weighted by atomic mass is 9.89. The van der Waals surface area contributed by atoms with E-state index in [1.807, 2.05) is 22.4 Å². The van der Waals surface area contributed by atoms with Crippen LogP contribution < -0.4 is 10.2 Å². The third-order valence-corrected chi connectivity index (χ3v) is 11.5. The number of phenols is 1. The van der Waals surface area contributed by atoms with Crippen LogP contribution in [0.15, 0.2) is 40.5 Å². The number of H-pyrrole nitrogens is 1. The third kappa shape index (κ3) is 10.7. The van der Waals surface area contributed by atoms with Gasteiger partial charge in [-0.3, -0.25) is 24.1 Å². The van der Waals surface area contributed by atoms with Crippen LogP contribution in [0.3, 0.4) is 0 Å². The number of aliphatic hydroxyl groups is 1. The fourth-order valence-electron chi connectivity index (χ4n) is 6.52. The fraction of sp³-hybridized carbons (Fsp3) is 0.486. The van der Waals surface area contributed by atoms with Gasteiger partial charge in [0.05, 0.1) is 47.4 Å². The van der Waals surface area contributed by atoms with E-state index >= 15 is 0 Å². The number of fused-ring (bicyclic) bond motifs is 1. The molecule has 14 nitrogen and oxygen atoms in total. The van der Waals surface area contributed by atoms with E-state index in [2.05, 4.69) is 34.0 Å². The SMILES string of the molecule is CC(C)c1nc(C(=O)N2CCOC3(CCN(Cc4ccc(F)c(CCNC[C@H](O)c5ccc(O)c6[nH]c(=O)sc56)c4)CC3)C2)cs1.O=C(O)CCC(=O)O. The predicted octanol–water partition coefficient (Wildman–Crippen LogP) is 4.32. The summed E-state index contributed by atoms with van der Waals surface area (Å²) in [6.07, 6.45) is 0.603. The number of nitrogens with zero attached hydrogens (tertiary/aromatic N) is 3. The summed E-state index contributed by atoms with van der Waals surface area (Å²) in [6.45, 7) is 8.84. The summed E-state index contributed by atoms with van der Waals surface area (Å²) in [5.74, 6) is -2.18. The van der Waals surface area contributed by atoms with Crippen LogP contribution in [0, 0.1) is 5.82 Å². The number of carboxylic acids is 2. The summed E-state index contributed by atoms with van der Waals surface area (Å²) in [5.41, 5.74) is 2.69. The largest absolute Gasteiger partial charge is 0.506 e. The average molecular weight is 788 g/mol. The summed E-state index contributed by atoms with van der Waals surface area (Å²) >= 11 is 2.48. The van der Waals surface area contributed by atoms with Crippen LogP contribution in [0.1, 0.15) is 83.7 Å². The number of aliphatic carboxylic acids is 2. The highest BCUT2D eigenvalue weighted by Gasteiger charge is 2.41. The lowest BCUT2D eigenvalue weighted by Gasteiger charge is -2.47. The van der Waals surface area contributed by atoms with Gasteiger partial charge in [0.15, 0.2) is 0 Å². The smallest absolute Gasteiger partial charge is 0.305 e. The van der Waals surface area contributed by atoms with Gasteiger partial charge in [0, 0.05) is 49.6 Å². The Hall–Kier alpha value is -4.26. The molecule has 2 aliphatic rings. The predicted molar refractivity (Wildman–Crippen MR) is 202 cm³/mol. The van der Waals surface area contributed by atoms with Crippen molar-refractivity contribution in [2.45, 2.75) is 70.1 Å². The van der Waals surface area contributed by atoms with E-state index in [9.17, 15) is 33.8 Å². The van der Waals surface area contributed by atoms with E-state index in [0.717, 1.165) is 47.8 Å². The number of morpholine rings is 1. The number of hydrogen-bond acceptors (Lipinski definition) is 12. The molecule has 6 rings (SSSR count). The third-order valence-electron chi connectivity index (χ3n) is 9.46. The van der Waals surface area contributed by atoms with E-state index in [1.165, 1.54) is 23.5 Å². The maximum Gasteiger partial charge on any atom is 0.305 e. The first-order valence-corrected chi connectivity index (χ1v) is 19.5. The Kier molecular flexibility index (Phi) is 13.9. The molecule has 0 aliphatic carbocycles. The molecule has 0 radical (unpaired) electrons. The van der Waals surface area contributed by atoms with Gasteiger partial charge >= 0.3 is 16.8 Å². The molecule has 2 aromatic carbocycles. The van der Waals surface area contributed by atoms with Gasteiger partial charge in [0.1, 0.15) is 22.8 Å². The van der Waals surface area contributed by atoms with E-state index in [0.29, 0.717) is 72.2 Å². The van der Waals surface area contributed by atoms with Crippen LogP contribution in [0.4, 0.5) is 4.39 Å². The summed E-state index contributed by atoms with van der Waals surface area (Å²) in [6, 6.07) is 8.32. The monoisotopic (exact) mass is 787 g/mol. The molecule has 2 aromatic heterocycles. The Morgan fingerprint density at radius 1 is 1.09 bits per heavy atom. The summed E-state index contributed by atoms with van der Waals surface area (Å²) < 4.78 is 21.5. The Labute approximate surface area is 319 Å². The molecule has 0 bridgehead atoms. The van der Waals surface area contributed by atoms with Crippen LogP contribution in [0.2, 0.25) is 0 Å². The Morgan fingerprint density at radius 3 is 2.48 bits per heavy atom. The first-order chi connectivity index (χ1) is 25.7. The number of aromatic nitrogens is 2. The molecular weight excluding hydrogens is 742 g/mol. The van der Waals surface area contributed by atoms with Crippen molar-refractivity contribution < 1.29 is 43.9 Å². The molecule has 6 N–H and O–H groups in total. The number of nitrogens with one attached hydrogen (secondary N) is 2. The summed E-state index contributed by atoms with van der Waals surface area (Å²) in [5, 5.41) is 42.6. The van der Waals surface area contributed by atoms with Gasteiger partial charge in [-0.05, 0) is 49.1 Å². The number of carbonyl (C=O) groups is 3. The molecule has 2 aliphatic heterocycles. The number of carboxylic acid groups (broad SMARTS) is 2. The van der Waals surface area contributed by atoms with E-state index in [-0.39, 0.29) is 47.3 Å². The van der Waals surface area contributed by atoms with E-state index < -0.39 is 18.0 Å². The first-order valence-electron chi connectivity index (χ1n) is 17.8. The zero-order valence-electron chi connectivity index (χ0n) is 30.2. The van der Waals surface area contributed by atoms with Gasteiger partial charge in [0.2, 0.25) is 0 Å². The molecule has 1 spiro atoms. The van der Waals surface area contributed by atoms with E-state index in [4.69, 9.17) is 14.9 Å². The number of likely N-dealkylation sites (tertiary alicyclic amines) is 1. The number of halogens is 1. The number of phenolic OH excluding ortho intramolecular Hbond substituents is 1. The number of benzene rings is 2. The second-order valence-corrected chi connectivity index (χ2v) is 15.7. The number of rotatable bonds is 13. The maximum absolute atomic E-state index is 14.7. The standard InChI is InChI=1S/C33H40FN5O5S2.C4H6O4/c1-20(2)30-36-25(18-45-30)31(42)39-13-14-44-33(19-39)8-11-38(12-9-33)17-21-3-5-24(34)22(15-21)7-10-35-16-27(41)23-4-6-26(40)28-29(23)46-32(43)37-28;5-3(6)1-2-4(7)8/h3-6,15,18,20,27,35,40-41H,7-14,16-17,19H2,1-2H3,(H,37,43);1-2H2,(H,5,6)(H,7,8)/t27-;/m0./s1. The number of thiazole rings is 2. The molecule has 1 amide bonds. The van der Waals surface area contributed by atoms with Crippen molar-refractivity contribution in [3.63, 3.8) is 0 Å². The van der Waals surface area contributed by atoms with Crippen LogP contribution in [0.25, 0.3) is 10.2 Å². The normalized spacial score (nSPS) is 16.4. The second kappa shape index (κ2) is 18.4. The Morgan fingerprint density at radius 2 is 1.81 bits per heavy atom. The molecule has 0 unspecified atom stereocenters. The number of aromatic amines is 1. The molecule has 4 heterocycles. The summed E-state index contributed by atoms with van der Waals surface area (Å²) in [7, 11) is 0. The lowest BCUT2D eigenvalue weighted by molar-refractivity contribution is -0.143. The quantitative estimate of drug-likeness (QED) is 0.105. The first kappa shape index (κ1) is 40.9. The van der Waals surface area contributed by atoms with Crippen LogP contribution in [-0.4, -0.2) is 110 Å². The van der Waals surface area contributed by atoms with Gasteiger partial charge in [-0.1, -0.05) is 43.4 Å². The van der Waals surface area contributed by atoms with Gasteiger partial charge in [-0.15, -0.1) is 11.3 Å². The minimum atomic E-state index is -1.08. The van der Waals surface area contributed by atoms with Gasteiger partial charge in [-0.25, -0.2) is 9.37 Å². The highest BCUT2D eigenvalue weighted by molar-refractivity contribution is 7.16. The maximum atomic E-state index is 14.7. The number of piperidine rings is 1. The number of carbonyl (C=O) groups excluding carboxylic acids is 1. The zero-order valence-corrected chi connectivity index (χ0v) is 31.8. The topological polar surface area (TPSA) is 206 Å². The van der Waals surface area contributed by atoms with Crippen molar-refractivity contribution in [1.29, 1.82) is 0 Å². The number of amides is 1. The molecule has 17 heteroatoms. The molecule has 0 saturated carbocycles. The molecular formula is C37H46FN5O9S2. The second-order valence-electron chi connectivity index (χ2n) is 13.8. The molecule has 1 atom stereocenters. The average Bonchev–Trinajstić information content (AvgIpc) is 3.80. The molecule has 4 aromatic rings. The van der Waals surface area contributed by atoms with Crippen molar-refractivity contribution in [2.24, 2.45) is 0 Å². The van der Waals surface area contributed by atoms with Crippen molar-refractivity contribution in [2.75, 3.05) is 45.9 Å². The molecule has 2 saturated heterocycles. The van der Waals surface area contributed by atoms with Crippen molar-refractivity contribution in [3.05, 3.63) is 78.6 Å². The molecule has 2 fully saturated rings. The van der Waals surface area contributed by atoms with Crippen molar-refractivity contribution in [3.8, 4) is 5.75 Å². The molecule has 54 heavy (non-hydrogen) atoms. The van der Waals surface area contributed by atoms with E-state index in [1.54, 1.807) is 6.07 Å². The summed E-state index contributed by atoms with van der Waals surface area (Å²) in [4.78, 5) is 55.4. The molecule has 292 valence electrons. The highest BCUT2D eigenvalue weighted by Crippen LogP contribution is 2.33. The van der Waals surface area contributed by atoms with Gasteiger partial charge in [0.25, 0.3) is 5.91 Å². The van der Waals surface area contributed by atoms with Crippen LogP contribution in [-0.2, 0) is 27.3 Å². The number of aliphatic hydroxyl groups excluding tert-OH is 1. The minimum absolute atomic E-state index is 0.0206.